The molecule has 0 spiro atoms. The monoisotopic (exact) mass is 504 g/mol. The van der Waals surface area contributed by atoms with E-state index in [1.807, 2.05) is 6.07 Å². The van der Waals surface area contributed by atoms with Crippen LogP contribution < -0.4 is 4.90 Å². The number of piperidine rings is 1. The van der Waals surface area contributed by atoms with Gasteiger partial charge in [0.2, 0.25) is 0 Å². The van der Waals surface area contributed by atoms with Crippen molar-refractivity contribution in [3.63, 3.8) is 0 Å². The molecule has 0 unspecified atom stereocenters. The zero-order chi connectivity index (χ0) is 21.3. The maximum atomic E-state index is 13.1. The number of sulfone groups is 1. The number of anilines is 1. The molecule has 3 aromatic rings. The van der Waals surface area contributed by atoms with Gasteiger partial charge in [-0.25, -0.2) is 13.4 Å². The third-order valence-corrected chi connectivity index (χ3v) is 10.1. The van der Waals surface area contributed by atoms with Crippen LogP contribution in [0.2, 0.25) is 0 Å². The Morgan fingerprint density at radius 3 is 2.40 bits per heavy atom. The average molecular weight is 506 g/mol. The van der Waals surface area contributed by atoms with Crippen LogP contribution in [-0.2, 0) is 16.3 Å². The van der Waals surface area contributed by atoms with Crippen LogP contribution in [-0.4, -0.2) is 31.7 Å². The van der Waals surface area contributed by atoms with Crippen molar-refractivity contribution in [1.29, 1.82) is 0 Å². The van der Waals surface area contributed by atoms with Crippen molar-refractivity contribution in [3.05, 3.63) is 74.7 Å². The molecule has 158 valence electrons. The second-order valence-electron chi connectivity index (χ2n) is 7.83. The fraction of sp³-hybridized carbons (Fsp3) is 0.348. The predicted molar refractivity (Wildman–Crippen MR) is 127 cm³/mol. The summed E-state index contributed by atoms with van der Waals surface area (Å²) in [6.45, 7) is 5.72. The molecular formula is C23H25BrN2O2S2. The normalized spacial score (nSPS) is 15.5. The first kappa shape index (κ1) is 21.5. The molecule has 1 aromatic heterocycles. The molecule has 0 aliphatic carbocycles. The lowest BCUT2D eigenvalue weighted by atomic mass is 9.99. The van der Waals surface area contributed by atoms with Gasteiger partial charge in [0.05, 0.1) is 15.8 Å². The van der Waals surface area contributed by atoms with Crippen molar-refractivity contribution in [2.45, 2.75) is 43.3 Å². The number of halogens is 1. The highest BCUT2D eigenvalue weighted by Gasteiger charge is 2.33. The second-order valence-corrected chi connectivity index (χ2v) is 11.7. The van der Waals surface area contributed by atoms with Gasteiger partial charge < -0.3 is 4.90 Å². The van der Waals surface area contributed by atoms with Crippen molar-refractivity contribution in [2.24, 2.45) is 0 Å². The minimum absolute atomic E-state index is 0.346. The van der Waals surface area contributed by atoms with Crippen molar-refractivity contribution in [2.75, 3.05) is 18.0 Å². The van der Waals surface area contributed by atoms with Gasteiger partial charge >= 0.3 is 0 Å². The topological polar surface area (TPSA) is 50.3 Å². The maximum Gasteiger partial charge on any atom is 0.185 e. The molecular weight excluding hydrogens is 480 g/mol. The summed E-state index contributed by atoms with van der Waals surface area (Å²) in [4.78, 5) is 7.48. The van der Waals surface area contributed by atoms with Crippen LogP contribution >= 0.6 is 27.3 Å². The Labute approximate surface area is 191 Å². The molecule has 30 heavy (non-hydrogen) atoms. The van der Waals surface area contributed by atoms with Crippen LogP contribution in [0.25, 0.3) is 0 Å². The third kappa shape index (κ3) is 4.34. The number of aryl methyl sites for hydroxylation is 2. The lowest BCUT2D eigenvalue weighted by Crippen LogP contribution is -2.39. The summed E-state index contributed by atoms with van der Waals surface area (Å²) >= 11 is 5.04. The largest absolute Gasteiger partial charge is 0.348 e. The number of hydrogen-bond acceptors (Lipinski definition) is 5. The molecule has 0 bridgehead atoms. The minimum atomic E-state index is -3.33. The van der Waals surface area contributed by atoms with Crippen molar-refractivity contribution in [3.8, 4) is 0 Å². The summed E-state index contributed by atoms with van der Waals surface area (Å²) < 4.78 is 26.8. The highest BCUT2D eigenvalue weighted by molar-refractivity contribution is 9.10. The SMILES string of the molecule is Cc1cccc(C)c1Cc1csc(N2CCC(S(=O)(=O)c3ccccc3Br)CC2)n1. The van der Waals surface area contributed by atoms with Gasteiger partial charge in [0.25, 0.3) is 0 Å². The van der Waals surface area contributed by atoms with E-state index >= 15 is 0 Å². The van der Waals surface area contributed by atoms with E-state index in [1.54, 1.807) is 29.5 Å². The Balaban J connectivity index is 1.43. The molecule has 0 N–H and O–H groups in total. The first-order valence-electron chi connectivity index (χ1n) is 10.1. The Morgan fingerprint density at radius 2 is 1.73 bits per heavy atom. The lowest BCUT2D eigenvalue weighted by molar-refractivity contribution is 0.529. The van der Waals surface area contributed by atoms with Gasteiger partial charge in [-0.15, -0.1) is 11.3 Å². The van der Waals surface area contributed by atoms with Gasteiger partial charge in [-0.05, 0) is 71.4 Å². The van der Waals surface area contributed by atoms with Crippen LogP contribution in [0, 0.1) is 13.8 Å². The third-order valence-electron chi connectivity index (χ3n) is 5.84. The Morgan fingerprint density at radius 1 is 1.07 bits per heavy atom. The van der Waals surface area contributed by atoms with E-state index in [0.717, 1.165) is 17.2 Å². The molecule has 2 heterocycles. The zero-order valence-corrected chi connectivity index (χ0v) is 20.4. The number of aromatic nitrogens is 1. The van der Waals surface area contributed by atoms with Crippen molar-refractivity contribution < 1.29 is 8.42 Å². The van der Waals surface area contributed by atoms with Gasteiger partial charge in [-0.3, -0.25) is 0 Å². The minimum Gasteiger partial charge on any atom is -0.348 e. The highest BCUT2D eigenvalue weighted by Crippen LogP contribution is 2.32. The van der Waals surface area contributed by atoms with Crippen LogP contribution in [0.15, 0.2) is 57.2 Å². The van der Waals surface area contributed by atoms with Gasteiger partial charge in [0.1, 0.15) is 0 Å². The predicted octanol–water partition coefficient (Wildman–Crippen LogP) is 5.56. The van der Waals surface area contributed by atoms with Crippen LogP contribution in [0.4, 0.5) is 5.13 Å². The molecule has 1 aliphatic heterocycles. The van der Waals surface area contributed by atoms with E-state index in [4.69, 9.17) is 4.98 Å². The Bertz CT molecular complexity index is 1130. The molecule has 1 fully saturated rings. The summed E-state index contributed by atoms with van der Waals surface area (Å²) in [5.74, 6) is 0. The van der Waals surface area contributed by atoms with Crippen molar-refractivity contribution >= 4 is 42.2 Å². The first-order valence-corrected chi connectivity index (χ1v) is 13.3. The first-order chi connectivity index (χ1) is 14.4. The van der Waals surface area contributed by atoms with E-state index in [-0.39, 0.29) is 5.25 Å². The van der Waals surface area contributed by atoms with E-state index in [9.17, 15) is 8.42 Å². The van der Waals surface area contributed by atoms with E-state index < -0.39 is 9.84 Å². The molecule has 0 saturated carbocycles. The molecule has 0 atom stereocenters. The smallest absolute Gasteiger partial charge is 0.185 e. The number of rotatable bonds is 5. The van der Waals surface area contributed by atoms with Gasteiger partial charge in [-0.1, -0.05) is 30.3 Å². The molecule has 4 nitrogen and oxygen atoms in total. The molecule has 7 heteroatoms. The van der Waals surface area contributed by atoms with Gasteiger partial charge in [0, 0.05) is 29.4 Å². The second kappa shape index (κ2) is 8.81. The zero-order valence-electron chi connectivity index (χ0n) is 17.1. The molecule has 2 aromatic carbocycles. The summed E-state index contributed by atoms with van der Waals surface area (Å²) in [5, 5.41) is 2.78. The standard InChI is InChI=1S/C23H25BrN2O2S2/c1-16-6-5-7-17(2)20(16)14-18-15-29-23(25-18)26-12-10-19(11-13-26)30(27,28)22-9-4-3-8-21(22)24/h3-9,15,19H,10-14H2,1-2H3. The van der Waals surface area contributed by atoms with E-state index in [1.165, 1.54) is 16.7 Å². The highest BCUT2D eigenvalue weighted by atomic mass is 79.9. The fourth-order valence-electron chi connectivity index (χ4n) is 4.04. The van der Waals surface area contributed by atoms with Gasteiger partial charge in [0.15, 0.2) is 15.0 Å². The van der Waals surface area contributed by atoms with Gasteiger partial charge in [-0.2, -0.15) is 0 Å². The van der Waals surface area contributed by atoms with E-state index in [0.29, 0.717) is 35.3 Å². The number of hydrogen-bond donors (Lipinski definition) is 0. The summed E-state index contributed by atoms with van der Waals surface area (Å²) in [7, 11) is -3.33. The van der Waals surface area contributed by atoms with Crippen molar-refractivity contribution in [1.82, 2.24) is 4.98 Å². The molecule has 0 amide bonds. The maximum absolute atomic E-state index is 13.1. The van der Waals surface area contributed by atoms with Crippen LogP contribution in [0.3, 0.4) is 0 Å². The number of benzene rings is 2. The molecule has 1 saturated heterocycles. The quantitative estimate of drug-likeness (QED) is 0.456. The summed E-state index contributed by atoms with van der Waals surface area (Å²) in [6.07, 6.45) is 2.08. The molecule has 4 rings (SSSR count). The molecule has 1 aliphatic rings. The average Bonchev–Trinajstić information content (AvgIpc) is 3.20. The lowest BCUT2D eigenvalue weighted by Gasteiger charge is -2.31. The Hall–Kier alpha value is -1.70. The Kier molecular flexibility index (Phi) is 6.32. The van der Waals surface area contributed by atoms with Crippen LogP contribution in [0.5, 0.6) is 0 Å². The molecule has 0 radical (unpaired) electrons. The fourth-order valence-corrected chi connectivity index (χ4v) is 7.68. The summed E-state index contributed by atoms with van der Waals surface area (Å²) in [6, 6.07) is 13.5. The number of nitrogens with zero attached hydrogens (tertiary/aromatic N) is 2. The number of thiazole rings is 1. The summed E-state index contributed by atoms with van der Waals surface area (Å²) in [5.41, 5.74) is 5.01. The van der Waals surface area contributed by atoms with E-state index in [2.05, 4.69) is 58.3 Å². The van der Waals surface area contributed by atoms with Crippen LogP contribution in [0.1, 0.15) is 35.2 Å².